The molecule has 0 saturated heterocycles. The van der Waals surface area contributed by atoms with Crippen LogP contribution in [0.25, 0.3) is 0 Å². The molecule has 0 atom stereocenters. The monoisotopic (exact) mass is 255 g/mol. The number of hydrogen-bond donors (Lipinski definition) is 1. The van der Waals surface area contributed by atoms with Crippen molar-refractivity contribution in [2.45, 2.75) is 18.7 Å². The summed E-state index contributed by atoms with van der Waals surface area (Å²) in [5.41, 5.74) is 1.90. The van der Waals surface area contributed by atoms with Gasteiger partial charge < -0.3 is 4.74 Å². The predicted molar refractivity (Wildman–Crippen MR) is 67.9 cm³/mol. The Bertz CT molecular complexity index is 521. The first-order valence-electron chi connectivity index (χ1n) is 5.18. The second-order valence-corrected chi connectivity index (χ2v) is 5.46. The summed E-state index contributed by atoms with van der Waals surface area (Å²) in [5, 5.41) is 0. The first-order valence-corrected chi connectivity index (χ1v) is 6.66. The molecule has 17 heavy (non-hydrogen) atoms. The van der Waals surface area contributed by atoms with Crippen LogP contribution in [0.15, 0.2) is 29.7 Å². The van der Waals surface area contributed by atoms with Crippen LogP contribution in [0, 0.1) is 13.8 Å². The first kappa shape index (κ1) is 13.7. The third-order valence-corrected chi connectivity index (χ3v) is 3.93. The van der Waals surface area contributed by atoms with Gasteiger partial charge in [-0.3, -0.25) is 0 Å². The molecule has 94 valence electrons. The van der Waals surface area contributed by atoms with Crippen LogP contribution >= 0.6 is 0 Å². The number of rotatable bonds is 5. The number of ether oxygens (including phenoxy) is 1. The molecule has 0 aromatic heterocycles. The quantitative estimate of drug-likeness (QED) is 0.816. The van der Waals surface area contributed by atoms with Gasteiger partial charge in [0.2, 0.25) is 10.0 Å². The minimum atomic E-state index is -3.55. The number of hydrogen-bond acceptors (Lipinski definition) is 3. The molecule has 1 rings (SSSR count). The molecule has 0 radical (unpaired) electrons. The van der Waals surface area contributed by atoms with E-state index in [1.165, 1.54) is 13.2 Å². The minimum absolute atomic E-state index is 0.157. The Morgan fingerprint density at radius 3 is 2.47 bits per heavy atom. The lowest BCUT2D eigenvalue weighted by atomic mass is 10.1. The fourth-order valence-electron chi connectivity index (χ4n) is 1.38. The van der Waals surface area contributed by atoms with Crippen LogP contribution in [-0.4, -0.2) is 22.1 Å². The summed E-state index contributed by atoms with van der Waals surface area (Å²) in [6.07, 6.45) is 1.49. The lowest BCUT2D eigenvalue weighted by Gasteiger charge is -2.12. The Morgan fingerprint density at radius 1 is 1.35 bits per heavy atom. The maximum atomic E-state index is 12.0. The van der Waals surface area contributed by atoms with Crippen molar-refractivity contribution < 1.29 is 13.2 Å². The van der Waals surface area contributed by atoms with Crippen molar-refractivity contribution in [1.82, 2.24) is 4.72 Å². The van der Waals surface area contributed by atoms with Crippen LogP contribution in [0.4, 0.5) is 0 Å². The van der Waals surface area contributed by atoms with Crippen LogP contribution < -0.4 is 9.46 Å². The largest absolute Gasteiger partial charge is 0.495 e. The standard InChI is InChI=1S/C12H17NO3S/c1-5-6-13-17(14,15)12-8-10(3)9(2)7-11(12)16-4/h5,7-8,13H,1,6H2,2-4H3. The average Bonchev–Trinajstić information content (AvgIpc) is 2.29. The van der Waals surface area contributed by atoms with Gasteiger partial charge in [0.05, 0.1) is 7.11 Å². The van der Waals surface area contributed by atoms with Crippen LogP contribution in [0.2, 0.25) is 0 Å². The van der Waals surface area contributed by atoms with Gasteiger partial charge in [-0.2, -0.15) is 0 Å². The van der Waals surface area contributed by atoms with Gasteiger partial charge in [0.15, 0.2) is 0 Å². The molecule has 1 aromatic rings. The Kier molecular flexibility index (Phi) is 4.31. The highest BCUT2D eigenvalue weighted by atomic mass is 32.2. The van der Waals surface area contributed by atoms with Crippen LogP contribution in [-0.2, 0) is 10.0 Å². The molecule has 4 nitrogen and oxygen atoms in total. The highest BCUT2D eigenvalue weighted by Gasteiger charge is 2.19. The molecule has 0 amide bonds. The fourth-order valence-corrected chi connectivity index (χ4v) is 2.61. The molecule has 0 bridgehead atoms. The molecule has 0 heterocycles. The number of methoxy groups -OCH3 is 1. The van der Waals surface area contributed by atoms with E-state index in [1.807, 2.05) is 13.8 Å². The summed E-state index contributed by atoms with van der Waals surface area (Å²) in [6, 6.07) is 3.33. The fraction of sp³-hybridized carbons (Fsp3) is 0.333. The Labute approximate surface area is 102 Å². The third kappa shape index (κ3) is 3.08. The molecule has 0 saturated carbocycles. The topological polar surface area (TPSA) is 55.4 Å². The van der Waals surface area contributed by atoms with E-state index in [2.05, 4.69) is 11.3 Å². The zero-order valence-corrected chi connectivity index (χ0v) is 11.1. The molecule has 0 unspecified atom stereocenters. The molecule has 1 N–H and O–H groups in total. The molecule has 0 fully saturated rings. The van der Waals surface area contributed by atoms with E-state index in [0.29, 0.717) is 5.75 Å². The highest BCUT2D eigenvalue weighted by molar-refractivity contribution is 7.89. The number of aryl methyl sites for hydroxylation is 2. The lowest BCUT2D eigenvalue weighted by molar-refractivity contribution is 0.402. The van der Waals surface area contributed by atoms with Crippen molar-refractivity contribution in [2.75, 3.05) is 13.7 Å². The van der Waals surface area contributed by atoms with E-state index in [-0.39, 0.29) is 11.4 Å². The lowest BCUT2D eigenvalue weighted by Crippen LogP contribution is -2.24. The van der Waals surface area contributed by atoms with E-state index < -0.39 is 10.0 Å². The van der Waals surface area contributed by atoms with Gasteiger partial charge in [0.25, 0.3) is 0 Å². The summed E-state index contributed by atoms with van der Waals surface area (Å²) >= 11 is 0. The number of benzene rings is 1. The van der Waals surface area contributed by atoms with E-state index in [1.54, 1.807) is 12.1 Å². The molecule has 0 aliphatic carbocycles. The van der Waals surface area contributed by atoms with Gasteiger partial charge in [-0.15, -0.1) is 6.58 Å². The molecule has 1 aromatic carbocycles. The van der Waals surface area contributed by atoms with Crippen molar-refractivity contribution in [1.29, 1.82) is 0 Å². The second-order valence-electron chi connectivity index (χ2n) is 3.73. The minimum Gasteiger partial charge on any atom is -0.495 e. The Balaban J connectivity index is 3.29. The SMILES string of the molecule is C=CCNS(=O)(=O)c1cc(C)c(C)cc1OC. The Hall–Kier alpha value is -1.33. The van der Waals surface area contributed by atoms with E-state index in [9.17, 15) is 8.42 Å². The second kappa shape index (κ2) is 5.33. The Morgan fingerprint density at radius 2 is 1.94 bits per heavy atom. The van der Waals surface area contributed by atoms with Gasteiger partial charge in [-0.25, -0.2) is 13.1 Å². The van der Waals surface area contributed by atoms with Crippen molar-refractivity contribution in [3.8, 4) is 5.75 Å². The van der Waals surface area contributed by atoms with E-state index >= 15 is 0 Å². The molecule has 0 aliphatic rings. The van der Waals surface area contributed by atoms with E-state index in [4.69, 9.17) is 4.74 Å². The smallest absolute Gasteiger partial charge is 0.244 e. The van der Waals surface area contributed by atoms with Crippen LogP contribution in [0.3, 0.4) is 0 Å². The predicted octanol–water partition coefficient (Wildman–Crippen LogP) is 1.78. The first-order chi connectivity index (χ1) is 7.92. The zero-order valence-electron chi connectivity index (χ0n) is 10.3. The van der Waals surface area contributed by atoms with Gasteiger partial charge in [0.1, 0.15) is 10.6 Å². The van der Waals surface area contributed by atoms with Gasteiger partial charge in [-0.1, -0.05) is 6.08 Å². The maximum absolute atomic E-state index is 12.0. The van der Waals surface area contributed by atoms with Crippen molar-refractivity contribution in [3.05, 3.63) is 35.9 Å². The van der Waals surface area contributed by atoms with Crippen molar-refractivity contribution in [3.63, 3.8) is 0 Å². The summed E-state index contributed by atoms with van der Waals surface area (Å²) < 4.78 is 31.5. The zero-order chi connectivity index (χ0) is 13.1. The van der Waals surface area contributed by atoms with Crippen LogP contribution in [0.1, 0.15) is 11.1 Å². The van der Waals surface area contributed by atoms with Crippen molar-refractivity contribution in [2.24, 2.45) is 0 Å². The molecule has 0 spiro atoms. The molecule has 0 aliphatic heterocycles. The highest BCUT2D eigenvalue weighted by Crippen LogP contribution is 2.26. The summed E-state index contributed by atoms with van der Waals surface area (Å²) in [5.74, 6) is 0.352. The molecular formula is C12H17NO3S. The third-order valence-electron chi connectivity index (χ3n) is 2.49. The molecule has 5 heteroatoms. The summed E-state index contributed by atoms with van der Waals surface area (Å²) in [4.78, 5) is 0.157. The van der Waals surface area contributed by atoms with Gasteiger partial charge >= 0.3 is 0 Å². The summed E-state index contributed by atoms with van der Waals surface area (Å²) in [7, 11) is -2.10. The van der Waals surface area contributed by atoms with E-state index in [0.717, 1.165) is 11.1 Å². The number of nitrogens with one attached hydrogen (secondary N) is 1. The maximum Gasteiger partial charge on any atom is 0.244 e. The van der Waals surface area contributed by atoms with Crippen molar-refractivity contribution >= 4 is 10.0 Å². The van der Waals surface area contributed by atoms with Crippen LogP contribution in [0.5, 0.6) is 5.75 Å². The average molecular weight is 255 g/mol. The normalized spacial score (nSPS) is 11.2. The number of sulfonamides is 1. The molecular weight excluding hydrogens is 238 g/mol. The van der Waals surface area contributed by atoms with Gasteiger partial charge in [-0.05, 0) is 37.1 Å². The van der Waals surface area contributed by atoms with Gasteiger partial charge in [0, 0.05) is 6.54 Å². The summed E-state index contributed by atoms with van der Waals surface area (Å²) in [6.45, 7) is 7.44.